The van der Waals surface area contributed by atoms with Gasteiger partial charge in [0, 0.05) is 11.3 Å². The highest BCUT2D eigenvalue weighted by Crippen LogP contribution is 2.26. The monoisotopic (exact) mass is 382 g/mol. The Morgan fingerprint density at radius 3 is 2.29 bits per heavy atom. The molecule has 2 N–H and O–H groups in total. The van der Waals surface area contributed by atoms with E-state index >= 15 is 0 Å². The van der Waals surface area contributed by atoms with E-state index in [1.54, 1.807) is 30.3 Å². The number of carbonyl (C=O) groups excluding carboxylic acids is 3. The van der Waals surface area contributed by atoms with Crippen molar-refractivity contribution in [3.63, 3.8) is 0 Å². The molecule has 0 aliphatic carbocycles. The van der Waals surface area contributed by atoms with Gasteiger partial charge >= 0.3 is 5.97 Å². The Morgan fingerprint density at radius 2 is 1.61 bits per heavy atom. The fourth-order valence-corrected chi connectivity index (χ4v) is 2.63. The van der Waals surface area contributed by atoms with Crippen LogP contribution < -0.4 is 10.6 Å². The summed E-state index contributed by atoms with van der Waals surface area (Å²) in [4.78, 5) is 36.3. The van der Waals surface area contributed by atoms with Gasteiger partial charge in [0.05, 0.1) is 0 Å². The molecule has 0 radical (unpaired) electrons. The lowest BCUT2D eigenvalue weighted by Gasteiger charge is -2.18. The van der Waals surface area contributed by atoms with E-state index in [1.807, 2.05) is 24.3 Å². The molecule has 0 bridgehead atoms. The van der Waals surface area contributed by atoms with Gasteiger partial charge in [-0.15, -0.1) is 0 Å². The standard InChI is InChI=1S/C22H26N2O4/c1-4-15(2)18-12-8-9-13-19(18)24-21(26)16(3)28-20(25)14-23-22(27)17-10-6-5-7-11-17/h5-13,15-16H,4,14H2,1-3H3,(H,23,27)(H,24,26)/t15-,16+/m0/s1. The zero-order valence-electron chi connectivity index (χ0n) is 16.4. The Bertz CT molecular complexity index is 820. The van der Waals surface area contributed by atoms with E-state index in [9.17, 15) is 14.4 Å². The number of anilines is 1. The number of benzene rings is 2. The maximum atomic E-state index is 12.4. The van der Waals surface area contributed by atoms with E-state index in [2.05, 4.69) is 24.5 Å². The van der Waals surface area contributed by atoms with Gasteiger partial charge in [0.2, 0.25) is 0 Å². The minimum Gasteiger partial charge on any atom is -0.451 e. The second-order valence-corrected chi connectivity index (χ2v) is 6.57. The van der Waals surface area contributed by atoms with Gasteiger partial charge in [-0.25, -0.2) is 0 Å². The second kappa shape index (κ2) is 10.3. The zero-order chi connectivity index (χ0) is 20.5. The molecule has 2 amide bonds. The van der Waals surface area contributed by atoms with Crippen LogP contribution in [-0.4, -0.2) is 30.4 Å². The summed E-state index contributed by atoms with van der Waals surface area (Å²) >= 11 is 0. The molecule has 6 heteroatoms. The fraction of sp³-hybridized carbons (Fsp3) is 0.318. The molecule has 0 unspecified atom stereocenters. The molecule has 0 spiro atoms. The quantitative estimate of drug-likeness (QED) is 0.685. The van der Waals surface area contributed by atoms with E-state index in [0.29, 0.717) is 17.2 Å². The second-order valence-electron chi connectivity index (χ2n) is 6.57. The van der Waals surface area contributed by atoms with Gasteiger partial charge in [-0.1, -0.05) is 50.2 Å². The molecule has 0 heterocycles. The molecular weight excluding hydrogens is 356 g/mol. The molecule has 28 heavy (non-hydrogen) atoms. The van der Waals surface area contributed by atoms with Crippen molar-refractivity contribution in [3.8, 4) is 0 Å². The minimum absolute atomic E-state index is 0.294. The maximum Gasteiger partial charge on any atom is 0.326 e. The van der Waals surface area contributed by atoms with Crippen LogP contribution in [0.5, 0.6) is 0 Å². The molecule has 6 nitrogen and oxygen atoms in total. The zero-order valence-corrected chi connectivity index (χ0v) is 16.4. The van der Waals surface area contributed by atoms with Crippen molar-refractivity contribution in [2.75, 3.05) is 11.9 Å². The van der Waals surface area contributed by atoms with Gasteiger partial charge in [-0.2, -0.15) is 0 Å². The van der Waals surface area contributed by atoms with Crippen molar-refractivity contribution in [1.29, 1.82) is 0 Å². The Labute approximate surface area is 165 Å². The van der Waals surface area contributed by atoms with Gasteiger partial charge in [0.15, 0.2) is 6.10 Å². The Kier molecular flexibility index (Phi) is 7.75. The summed E-state index contributed by atoms with van der Waals surface area (Å²) in [6.07, 6.45) is -0.0375. The lowest BCUT2D eigenvalue weighted by Crippen LogP contribution is -2.36. The molecule has 2 aromatic rings. The molecule has 0 aromatic heterocycles. The van der Waals surface area contributed by atoms with Gasteiger partial charge in [0.1, 0.15) is 6.54 Å². The summed E-state index contributed by atoms with van der Waals surface area (Å²) in [5, 5.41) is 5.30. The van der Waals surface area contributed by atoms with Crippen LogP contribution in [0.4, 0.5) is 5.69 Å². The summed E-state index contributed by atoms with van der Waals surface area (Å²) in [5.74, 6) is -1.18. The third-order valence-corrected chi connectivity index (χ3v) is 4.47. The number of nitrogens with one attached hydrogen (secondary N) is 2. The Morgan fingerprint density at radius 1 is 0.964 bits per heavy atom. The highest BCUT2D eigenvalue weighted by atomic mass is 16.5. The third-order valence-electron chi connectivity index (χ3n) is 4.47. The molecule has 2 aromatic carbocycles. The lowest BCUT2D eigenvalue weighted by molar-refractivity contribution is -0.152. The van der Waals surface area contributed by atoms with Crippen LogP contribution >= 0.6 is 0 Å². The van der Waals surface area contributed by atoms with E-state index in [4.69, 9.17) is 4.74 Å². The molecule has 2 rings (SSSR count). The van der Waals surface area contributed by atoms with E-state index < -0.39 is 18.0 Å². The van der Waals surface area contributed by atoms with Crippen molar-refractivity contribution in [1.82, 2.24) is 5.32 Å². The van der Waals surface area contributed by atoms with E-state index in [1.165, 1.54) is 6.92 Å². The number of esters is 1. The number of amides is 2. The van der Waals surface area contributed by atoms with E-state index in [0.717, 1.165) is 12.0 Å². The smallest absolute Gasteiger partial charge is 0.326 e. The van der Waals surface area contributed by atoms with Crippen LogP contribution in [0.2, 0.25) is 0 Å². The summed E-state index contributed by atoms with van der Waals surface area (Å²) in [6, 6.07) is 16.1. The lowest BCUT2D eigenvalue weighted by atomic mass is 9.97. The average Bonchev–Trinajstić information content (AvgIpc) is 2.72. The molecule has 0 fully saturated rings. The maximum absolute atomic E-state index is 12.4. The number of para-hydroxylation sites is 1. The first kappa shape index (κ1) is 21.2. The number of hydrogen-bond donors (Lipinski definition) is 2. The predicted octanol–water partition coefficient (Wildman–Crippen LogP) is 3.50. The van der Waals surface area contributed by atoms with Gasteiger partial charge in [-0.3, -0.25) is 14.4 Å². The van der Waals surface area contributed by atoms with Crippen molar-refractivity contribution in [2.45, 2.75) is 39.2 Å². The summed E-state index contributed by atoms with van der Waals surface area (Å²) in [5.41, 5.74) is 2.19. The summed E-state index contributed by atoms with van der Waals surface area (Å²) in [6.45, 7) is 5.36. The van der Waals surface area contributed by atoms with Crippen LogP contribution in [0.3, 0.4) is 0 Å². The third kappa shape index (κ3) is 5.94. The van der Waals surface area contributed by atoms with Gasteiger partial charge in [-0.05, 0) is 43.0 Å². The Balaban J connectivity index is 1.87. The first-order valence-electron chi connectivity index (χ1n) is 9.34. The van der Waals surface area contributed by atoms with E-state index in [-0.39, 0.29) is 12.5 Å². The van der Waals surface area contributed by atoms with Crippen LogP contribution in [0.25, 0.3) is 0 Å². The largest absolute Gasteiger partial charge is 0.451 e. The molecule has 148 valence electrons. The summed E-state index contributed by atoms with van der Waals surface area (Å²) < 4.78 is 5.13. The highest BCUT2D eigenvalue weighted by Gasteiger charge is 2.20. The predicted molar refractivity (Wildman–Crippen MR) is 108 cm³/mol. The van der Waals surface area contributed by atoms with Gasteiger partial charge < -0.3 is 15.4 Å². The molecule has 0 aliphatic heterocycles. The SMILES string of the molecule is CC[C@H](C)c1ccccc1NC(=O)[C@@H](C)OC(=O)CNC(=O)c1ccccc1. The fourth-order valence-electron chi connectivity index (χ4n) is 2.63. The first-order chi connectivity index (χ1) is 13.4. The molecule has 0 saturated heterocycles. The average molecular weight is 382 g/mol. The molecule has 0 aliphatic rings. The van der Waals surface area contributed by atoms with Crippen molar-refractivity contribution >= 4 is 23.5 Å². The number of ether oxygens (including phenoxy) is 1. The van der Waals surface area contributed by atoms with Crippen molar-refractivity contribution in [2.24, 2.45) is 0 Å². The van der Waals surface area contributed by atoms with Crippen LogP contribution in [0.15, 0.2) is 54.6 Å². The van der Waals surface area contributed by atoms with Gasteiger partial charge in [0.25, 0.3) is 11.8 Å². The normalized spacial score (nSPS) is 12.5. The van der Waals surface area contributed by atoms with Crippen LogP contribution in [0, 0.1) is 0 Å². The first-order valence-corrected chi connectivity index (χ1v) is 9.34. The highest BCUT2D eigenvalue weighted by molar-refractivity contribution is 5.97. The summed E-state index contributed by atoms with van der Waals surface area (Å²) in [7, 11) is 0. The molecule has 2 atom stereocenters. The minimum atomic E-state index is -0.980. The number of rotatable bonds is 8. The molecular formula is C22H26N2O4. The Hall–Kier alpha value is -3.15. The van der Waals surface area contributed by atoms with Crippen LogP contribution in [0.1, 0.15) is 49.0 Å². The molecule has 0 saturated carbocycles. The van der Waals surface area contributed by atoms with Crippen molar-refractivity contribution in [3.05, 3.63) is 65.7 Å². The van der Waals surface area contributed by atoms with Crippen molar-refractivity contribution < 1.29 is 19.1 Å². The number of carbonyl (C=O) groups is 3. The topological polar surface area (TPSA) is 84.5 Å². The van der Waals surface area contributed by atoms with Crippen LogP contribution in [-0.2, 0) is 14.3 Å². The number of hydrogen-bond acceptors (Lipinski definition) is 4.